The number of para-hydroxylation sites is 1. The second-order valence-electron chi connectivity index (χ2n) is 6.56. The fraction of sp³-hybridized carbons (Fsp3) is 0.0952. The Labute approximate surface area is 173 Å². The molecule has 5 rings (SSSR count). The summed E-state index contributed by atoms with van der Waals surface area (Å²) in [5.74, 6) is 0.600. The van der Waals surface area contributed by atoms with Gasteiger partial charge in [-0.05, 0) is 30.3 Å². The van der Waals surface area contributed by atoms with Crippen LogP contribution in [-0.4, -0.2) is 26.1 Å². The van der Waals surface area contributed by atoms with Crippen molar-refractivity contribution < 1.29 is 13.5 Å². The molecule has 5 aromatic rings. The highest BCUT2D eigenvalue weighted by molar-refractivity contribution is 7.16. The lowest BCUT2D eigenvalue weighted by Crippen LogP contribution is -2.07. The molecule has 3 heterocycles. The lowest BCUT2D eigenvalue weighted by Gasteiger charge is -2.12. The Hall–Kier alpha value is -3.59. The van der Waals surface area contributed by atoms with Gasteiger partial charge in [-0.1, -0.05) is 18.2 Å². The maximum atomic E-state index is 12.7. The molecule has 30 heavy (non-hydrogen) atoms. The van der Waals surface area contributed by atoms with Gasteiger partial charge in [-0.15, -0.1) is 11.3 Å². The van der Waals surface area contributed by atoms with E-state index in [1.54, 1.807) is 41.2 Å². The molecule has 0 radical (unpaired) electrons. The molecule has 0 aliphatic heterocycles. The molecule has 0 amide bonds. The zero-order chi connectivity index (χ0) is 20.5. The van der Waals surface area contributed by atoms with Crippen LogP contribution in [0.4, 0.5) is 20.4 Å². The highest BCUT2D eigenvalue weighted by Crippen LogP contribution is 2.26. The Balaban J connectivity index is 1.45. The number of fused-ring (bicyclic) bond motifs is 2. The number of nitrogens with one attached hydrogen (secondary N) is 1. The van der Waals surface area contributed by atoms with Gasteiger partial charge in [0.05, 0.1) is 22.3 Å². The summed E-state index contributed by atoms with van der Waals surface area (Å²) in [5.41, 5.74) is 4.94. The molecular formula is C21H15F2N5OS. The van der Waals surface area contributed by atoms with Gasteiger partial charge < -0.3 is 14.6 Å². The van der Waals surface area contributed by atoms with Gasteiger partial charge in [-0.2, -0.15) is 13.8 Å². The Morgan fingerprint density at radius 2 is 2.00 bits per heavy atom. The number of alkyl halides is 2. The highest BCUT2D eigenvalue weighted by Gasteiger charge is 2.12. The number of hydrogen-bond acceptors (Lipinski definition) is 6. The molecule has 9 heteroatoms. The zero-order valence-corrected chi connectivity index (χ0v) is 16.3. The average molecular weight is 423 g/mol. The number of anilines is 2. The van der Waals surface area contributed by atoms with Crippen LogP contribution in [0.25, 0.3) is 21.3 Å². The Bertz CT molecular complexity index is 1330. The molecule has 2 aromatic carbocycles. The SMILES string of the molecule is FC(F)Oc1ccccc1Cn1ccc2cnc(Nc3ccc4ncsc4c3)nc21. The topological polar surface area (TPSA) is 64.9 Å². The minimum absolute atomic E-state index is 0.152. The first-order valence-electron chi connectivity index (χ1n) is 9.10. The number of halogens is 2. The fourth-order valence-corrected chi connectivity index (χ4v) is 3.97. The molecule has 3 aromatic heterocycles. The van der Waals surface area contributed by atoms with Crippen LogP contribution >= 0.6 is 11.3 Å². The quantitative estimate of drug-likeness (QED) is 0.394. The number of rotatable bonds is 6. The molecule has 0 saturated heterocycles. The lowest BCUT2D eigenvalue weighted by atomic mass is 10.2. The van der Waals surface area contributed by atoms with Crippen molar-refractivity contribution in [1.82, 2.24) is 19.5 Å². The molecule has 0 unspecified atom stereocenters. The van der Waals surface area contributed by atoms with Crippen molar-refractivity contribution in [2.75, 3.05) is 5.32 Å². The van der Waals surface area contributed by atoms with Gasteiger partial charge in [0.2, 0.25) is 5.95 Å². The van der Waals surface area contributed by atoms with Crippen molar-refractivity contribution in [3.05, 3.63) is 72.0 Å². The first-order chi connectivity index (χ1) is 14.7. The molecule has 0 aliphatic rings. The van der Waals surface area contributed by atoms with Gasteiger partial charge in [0, 0.05) is 29.0 Å². The minimum atomic E-state index is -2.87. The summed E-state index contributed by atoms with van der Waals surface area (Å²) in [5, 5.41) is 4.07. The van der Waals surface area contributed by atoms with Crippen LogP contribution in [0.2, 0.25) is 0 Å². The largest absolute Gasteiger partial charge is 0.434 e. The number of aromatic nitrogens is 4. The Morgan fingerprint density at radius 1 is 1.10 bits per heavy atom. The van der Waals surface area contributed by atoms with Crippen LogP contribution in [0.15, 0.2) is 66.4 Å². The van der Waals surface area contributed by atoms with Gasteiger partial charge in [-0.25, -0.2) is 9.97 Å². The van der Waals surface area contributed by atoms with Crippen molar-refractivity contribution in [1.29, 1.82) is 0 Å². The van der Waals surface area contributed by atoms with Crippen LogP contribution in [0, 0.1) is 0 Å². The van der Waals surface area contributed by atoms with E-state index < -0.39 is 6.61 Å². The first-order valence-corrected chi connectivity index (χ1v) is 9.98. The van der Waals surface area contributed by atoms with E-state index in [2.05, 4.69) is 25.0 Å². The smallest absolute Gasteiger partial charge is 0.387 e. The second-order valence-corrected chi connectivity index (χ2v) is 7.45. The summed E-state index contributed by atoms with van der Waals surface area (Å²) in [6, 6.07) is 14.5. The van der Waals surface area contributed by atoms with E-state index in [0.717, 1.165) is 21.3 Å². The normalized spacial score (nSPS) is 11.4. The van der Waals surface area contributed by atoms with Crippen LogP contribution in [-0.2, 0) is 6.54 Å². The van der Waals surface area contributed by atoms with E-state index in [-0.39, 0.29) is 5.75 Å². The summed E-state index contributed by atoms with van der Waals surface area (Å²) in [6.07, 6.45) is 3.58. The van der Waals surface area contributed by atoms with Crippen molar-refractivity contribution in [2.24, 2.45) is 0 Å². The van der Waals surface area contributed by atoms with Crippen LogP contribution < -0.4 is 10.1 Å². The van der Waals surface area contributed by atoms with E-state index in [1.165, 1.54) is 6.07 Å². The fourth-order valence-electron chi connectivity index (χ4n) is 3.25. The summed E-state index contributed by atoms with van der Waals surface area (Å²) in [6.45, 7) is -2.53. The second kappa shape index (κ2) is 7.68. The van der Waals surface area contributed by atoms with Gasteiger partial charge in [0.1, 0.15) is 11.4 Å². The molecule has 0 fully saturated rings. The van der Waals surface area contributed by atoms with E-state index in [1.807, 2.05) is 35.0 Å². The third kappa shape index (κ3) is 3.67. The summed E-state index contributed by atoms with van der Waals surface area (Å²) < 4.78 is 33.0. The van der Waals surface area contributed by atoms with Crippen LogP contribution in [0.3, 0.4) is 0 Å². The van der Waals surface area contributed by atoms with E-state index in [9.17, 15) is 8.78 Å². The molecule has 0 atom stereocenters. The van der Waals surface area contributed by atoms with Crippen LogP contribution in [0.1, 0.15) is 5.56 Å². The standard InChI is InChI=1S/C21H15F2N5OS/c22-20(23)29-17-4-2-1-3-14(17)11-28-8-7-13-10-24-21(27-19(13)28)26-15-5-6-16-18(9-15)30-12-25-16/h1-10,12,20H,11H2,(H,24,26,27). The summed E-state index contributed by atoms with van der Waals surface area (Å²) >= 11 is 1.56. The number of thiazole rings is 1. The molecule has 0 bridgehead atoms. The summed E-state index contributed by atoms with van der Waals surface area (Å²) in [7, 11) is 0. The third-order valence-corrected chi connectivity index (χ3v) is 5.41. The maximum absolute atomic E-state index is 12.7. The summed E-state index contributed by atoms with van der Waals surface area (Å²) in [4.78, 5) is 13.3. The molecule has 6 nitrogen and oxygen atoms in total. The van der Waals surface area contributed by atoms with Gasteiger partial charge in [-0.3, -0.25) is 0 Å². The number of benzene rings is 2. The minimum Gasteiger partial charge on any atom is -0.434 e. The molecule has 1 N–H and O–H groups in total. The van der Waals surface area contributed by atoms with E-state index in [4.69, 9.17) is 0 Å². The van der Waals surface area contributed by atoms with Crippen molar-refractivity contribution in [3.63, 3.8) is 0 Å². The maximum Gasteiger partial charge on any atom is 0.387 e. The first kappa shape index (κ1) is 18.4. The van der Waals surface area contributed by atoms with E-state index in [0.29, 0.717) is 23.7 Å². The van der Waals surface area contributed by atoms with E-state index >= 15 is 0 Å². The number of nitrogens with zero attached hydrogens (tertiary/aromatic N) is 4. The lowest BCUT2D eigenvalue weighted by molar-refractivity contribution is -0.0504. The average Bonchev–Trinajstić information content (AvgIpc) is 3.36. The molecule has 0 saturated carbocycles. The predicted molar refractivity (Wildman–Crippen MR) is 113 cm³/mol. The van der Waals surface area contributed by atoms with Gasteiger partial charge in [0.15, 0.2) is 0 Å². The third-order valence-electron chi connectivity index (χ3n) is 4.62. The molecule has 150 valence electrons. The molecular weight excluding hydrogens is 408 g/mol. The Kier molecular flexibility index (Phi) is 4.72. The van der Waals surface area contributed by atoms with Gasteiger partial charge in [0.25, 0.3) is 0 Å². The van der Waals surface area contributed by atoms with Crippen molar-refractivity contribution >= 4 is 44.2 Å². The highest BCUT2D eigenvalue weighted by atomic mass is 32.1. The van der Waals surface area contributed by atoms with Crippen molar-refractivity contribution in [2.45, 2.75) is 13.2 Å². The van der Waals surface area contributed by atoms with Crippen molar-refractivity contribution in [3.8, 4) is 5.75 Å². The molecule has 0 aliphatic carbocycles. The number of ether oxygens (including phenoxy) is 1. The monoisotopic (exact) mass is 423 g/mol. The predicted octanol–water partition coefficient (Wildman–Crippen LogP) is 5.43. The number of hydrogen-bond donors (Lipinski definition) is 1. The van der Waals surface area contributed by atoms with Gasteiger partial charge >= 0.3 is 6.61 Å². The zero-order valence-electron chi connectivity index (χ0n) is 15.5. The van der Waals surface area contributed by atoms with Crippen LogP contribution in [0.5, 0.6) is 5.75 Å². The molecule has 0 spiro atoms. The Morgan fingerprint density at radius 3 is 2.90 bits per heavy atom.